The highest BCUT2D eigenvalue weighted by Crippen LogP contribution is 2.10. The summed E-state index contributed by atoms with van der Waals surface area (Å²) in [4.78, 5) is 11.9. The van der Waals surface area contributed by atoms with Crippen LogP contribution in [0.3, 0.4) is 0 Å². The number of carbonyl (C=O) groups is 1. The minimum absolute atomic E-state index is 0.304. The average molecular weight is 125 g/mol. The Hall–Kier alpha value is -1.21. The Labute approximate surface area is 53.2 Å². The van der Waals surface area contributed by atoms with Crippen LogP contribution in [0, 0.1) is 0 Å². The third-order valence-corrected chi connectivity index (χ3v) is 1.22. The van der Waals surface area contributed by atoms with Gasteiger partial charge in [0.05, 0.1) is 0 Å². The average Bonchev–Trinajstić information content (AvgIpc) is 2.15. The Bertz CT molecular complexity index is 191. The second-order valence-corrected chi connectivity index (χ2v) is 1.74. The van der Waals surface area contributed by atoms with Gasteiger partial charge < -0.3 is 4.74 Å². The maximum Gasteiger partial charge on any atom is 0.414 e. The van der Waals surface area contributed by atoms with Crippen LogP contribution in [0.2, 0.25) is 0 Å². The third kappa shape index (κ3) is 0.819. The van der Waals surface area contributed by atoms with Crippen molar-refractivity contribution in [3.8, 4) is 0 Å². The van der Waals surface area contributed by atoms with E-state index < -0.39 is 0 Å². The van der Waals surface area contributed by atoms with Crippen LogP contribution in [-0.2, 0) is 4.74 Å². The molecule has 1 heterocycles. The molecule has 0 saturated carbocycles. The predicted octanol–water partition coefficient (Wildman–Crippen LogP) is 0.737. The molecule has 3 heteroatoms. The summed E-state index contributed by atoms with van der Waals surface area (Å²) in [5, 5.41) is 0. The number of cyclic esters (lactones) is 1. The number of carbonyl (C=O) groups excluding carboxylic acids is 1. The fourth-order valence-electron chi connectivity index (χ4n) is 0.604. The molecule has 0 aromatic carbocycles. The van der Waals surface area contributed by atoms with Crippen molar-refractivity contribution in [2.24, 2.45) is 0 Å². The first kappa shape index (κ1) is 5.92. The molecule has 0 atom stereocenters. The molecule has 9 heavy (non-hydrogen) atoms. The molecule has 0 radical (unpaired) electrons. The fourth-order valence-corrected chi connectivity index (χ4v) is 0.604. The molecule has 0 N–H and O–H groups in total. The summed E-state index contributed by atoms with van der Waals surface area (Å²) in [5.74, 6) is 0. The quantitative estimate of drug-likeness (QED) is 0.447. The normalized spacial score (nSPS) is 17.7. The number of ether oxygens (including phenoxy) is 1. The molecule has 0 aromatic heterocycles. The highest BCUT2D eigenvalue weighted by atomic mass is 16.6. The predicted molar refractivity (Wildman–Crippen MR) is 31.8 cm³/mol. The van der Waals surface area contributed by atoms with Crippen LogP contribution in [0.5, 0.6) is 0 Å². The molecule has 3 nitrogen and oxygen atoms in total. The van der Waals surface area contributed by atoms with Crippen LogP contribution in [0.15, 0.2) is 18.0 Å². The molecule has 0 spiro atoms. The van der Waals surface area contributed by atoms with E-state index in [9.17, 15) is 4.79 Å². The molecule has 0 bridgehead atoms. The van der Waals surface area contributed by atoms with Gasteiger partial charge in [0, 0.05) is 7.05 Å². The van der Waals surface area contributed by atoms with E-state index in [-0.39, 0.29) is 6.09 Å². The Morgan fingerprint density at radius 3 is 2.78 bits per heavy atom. The van der Waals surface area contributed by atoms with Gasteiger partial charge in [0.25, 0.3) is 0 Å². The van der Waals surface area contributed by atoms with Crippen molar-refractivity contribution >= 4 is 6.09 Å². The molecule has 1 amide bonds. The molecule has 1 aliphatic rings. The molecule has 1 fully saturated rings. The van der Waals surface area contributed by atoms with E-state index in [0.29, 0.717) is 12.3 Å². The standard InChI is InChI=1S/C6H7NO2/c1-3-5-4-9-6(8)7(5)2/h1,4H2,2H3. The van der Waals surface area contributed by atoms with Crippen LogP contribution >= 0.6 is 0 Å². The molecule has 1 saturated heterocycles. The minimum atomic E-state index is -0.332. The number of likely N-dealkylation sites (N-methyl/N-ethyl adjacent to an activating group) is 1. The van der Waals surface area contributed by atoms with Crippen molar-refractivity contribution < 1.29 is 9.53 Å². The first-order chi connectivity index (χ1) is 4.25. The van der Waals surface area contributed by atoms with Crippen LogP contribution in [0.4, 0.5) is 4.79 Å². The topological polar surface area (TPSA) is 29.5 Å². The summed E-state index contributed by atoms with van der Waals surface area (Å²) in [5.41, 5.74) is 3.29. The fraction of sp³-hybridized carbons (Fsp3) is 0.333. The summed E-state index contributed by atoms with van der Waals surface area (Å²) >= 11 is 0. The van der Waals surface area contributed by atoms with Gasteiger partial charge in [-0.2, -0.15) is 0 Å². The lowest BCUT2D eigenvalue weighted by molar-refractivity contribution is 0.163. The lowest BCUT2D eigenvalue weighted by Gasteiger charge is -2.01. The largest absolute Gasteiger partial charge is 0.442 e. The molecular formula is C6H7NO2. The zero-order chi connectivity index (χ0) is 6.85. The Morgan fingerprint density at radius 2 is 2.56 bits per heavy atom. The first-order valence-electron chi connectivity index (χ1n) is 2.55. The van der Waals surface area contributed by atoms with Crippen molar-refractivity contribution in [1.29, 1.82) is 0 Å². The van der Waals surface area contributed by atoms with Gasteiger partial charge in [-0.1, -0.05) is 6.58 Å². The van der Waals surface area contributed by atoms with Crippen molar-refractivity contribution in [1.82, 2.24) is 4.90 Å². The molecule has 0 aliphatic carbocycles. The Kier molecular flexibility index (Phi) is 1.29. The van der Waals surface area contributed by atoms with E-state index in [0.717, 1.165) is 0 Å². The number of hydrogen-bond donors (Lipinski definition) is 0. The third-order valence-electron chi connectivity index (χ3n) is 1.22. The van der Waals surface area contributed by atoms with Gasteiger partial charge in [-0.25, -0.2) is 4.79 Å². The SMILES string of the molecule is C=C=C1COC(=O)N1C. The van der Waals surface area contributed by atoms with Gasteiger partial charge in [-0.05, 0) is 0 Å². The van der Waals surface area contributed by atoms with E-state index in [2.05, 4.69) is 17.0 Å². The van der Waals surface area contributed by atoms with Crippen LogP contribution in [0.1, 0.15) is 0 Å². The van der Waals surface area contributed by atoms with Gasteiger partial charge in [0.15, 0.2) is 0 Å². The van der Waals surface area contributed by atoms with E-state index >= 15 is 0 Å². The lowest BCUT2D eigenvalue weighted by Crippen LogP contribution is -2.15. The minimum Gasteiger partial charge on any atom is -0.442 e. The number of amides is 1. The number of hydrogen-bond acceptors (Lipinski definition) is 2. The summed E-state index contributed by atoms with van der Waals surface area (Å²) in [6.07, 6.45) is -0.332. The smallest absolute Gasteiger partial charge is 0.414 e. The zero-order valence-electron chi connectivity index (χ0n) is 5.18. The van der Waals surface area contributed by atoms with Gasteiger partial charge in [0.2, 0.25) is 0 Å². The van der Waals surface area contributed by atoms with E-state index in [1.54, 1.807) is 7.05 Å². The second kappa shape index (κ2) is 1.96. The molecule has 0 unspecified atom stereocenters. The van der Waals surface area contributed by atoms with Gasteiger partial charge in [-0.15, -0.1) is 5.73 Å². The molecular weight excluding hydrogens is 118 g/mol. The molecule has 1 rings (SSSR count). The summed E-state index contributed by atoms with van der Waals surface area (Å²) in [6, 6.07) is 0. The highest BCUT2D eigenvalue weighted by molar-refractivity contribution is 5.72. The van der Waals surface area contributed by atoms with Crippen LogP contribution in [-0.4, -0.2) is 24.6 Å². The van der Waals surface area contributed by atoms with Gasteiger partial charge >= 0.3 is 6.09 Å². The van der Waals surface area contributed by atoms with Crippen molar-refractivity contribution in [3.63, 3.8) is 0 Å². The van der Waals surface area contributed by atoms with Gasteiger partial charge in [0.1, 0.15) is 12.3 Å². The number of rotatable bonds is 0. The summed E-state index contributed by atoms with van der Waals surface area (Å²) < 4.78 is 4.62. The van der Waals surface area contributed by atoms with E-state index in [4.69, 9.17) is 0 Å². The van der Waals surface area contributed by atoms with Crippen molar-refractivity contribution in [3.05, 3.63) is 18.0 Å². The zero-order valence-corrected chi connectivity index (χ0v) is 5.18. The first-order valence-corrected chi connectivity index (χ1v) is 2.55. The molecule has 0 aromatic rings. The van der Waals surface area contributed by atoms with Crippen LogP contribution in [0.25, 0.3) is 0 Å². The Balaban J connectivity index is 2.85. The van der Waals surface area contributed by atoms with Crippen molar-refractivity contribution in [2.75, 3.05) is 13.7 Å². The van der Waals surface area contributed by atoms with E-state index in [1.807, 2.05) is 0 Å². The monoisotopic (exact) mass is 125 g/mol. The highest BCUT2D eigenvalue weighted by Gasteiger charge is 2.22. The maximum absolute atomic E-state index is 10.6. The number of nitrogens with zero attached hydrogens (tertiary/aromatic N) is 1. The Morgan fingerprint density at radius 1 is 1.89 bits per heavy atom. The van der Waals surface area contributed by atoms with Crippen LogP contribution < -0.4 is 0 Å². The molecule has 48 valence electrons. The van der Waals surface area contributed by atoms with Gasteiger partial charge in [-0.3, -0.25) is 4.90 Å². The molecule has 1 aliphatic heterocycles. The lowest BCUT2D eigenvalue weighted by atomic mass is 10.5. The van der Waals surface area contributed by atoms with E-state index in [1.165, 1.54) is 4.90 Å². The summed E-state index contributed by atoms with van der Waals surface area (Å²) in [7, 11) is 1.63. The maximum atomic E-state index is 10.6. The summed E-state index contributed by atoms with van der Waals surface area (Å²) in [6.45, 7) is 3.70. The van der Waals surface area contributed by atoms with Crippen molar-refractivity contribution in [2.45, 2.75) is 0 Å². The second-order valence-electron chi connectivity index (χ2n) is 1.74.